The molecule has 0 heterocycles. The van der Waals surface area contributed by atoms with Gasteiger partial charge in [0.25, 0.3) is 5.08 Å². The van der Waals surface area contributed by atoms with Crippen LogP contribution in [0.3, 0.4) is 0 Å². The molecule has 0 bridgehead atoms. The summed E-state index contributed by atoms with van der Waals surface area (Å²) in [7, 11) is -14.1. The van der Waals surface area contributed by atoms with Crippen LogP contribution in [-0.4, -0.2) is 40.0 Å². The van der Waals surface area contributed by atoms with Crippen LogP contribution in [0.2, 0.25) is 0 Å². The van der Waals surface area contributed by atoms with Gasteiger partial charge in [-0.05, 0) is 6.92 Å². The second-order valence-electron chi connectivity index (χ2n) is 3.05. The maximum Gasteiger partial charge on any atom is 0.369 e. The Morgan fingerprint density at radius 1 is 1.25 bits per heavy atom. The molecule has 0 aliphatic heterocycles. The summed E-state index contributed by atoms with van der Waals surface area (Å²) in [5.41, 5.74) is 0. The zero-order chi connectivity index (χ0) is 13.4. The van der Waals surface area contributed by atoms with Crippen molar-refractivity contribution in [2.75, 3.05) is 0 Å². The van der Waals surface area contributed by atoms with Crippen molar-refractivity contribution in [3.63, 3.8) is 0 Å². The number of hydrogen-bond donors (Lipinski definition) is 6. The van der Waals surface area contributed by atoms with E-state index in [-0.39, 0.29) is 0 Å². The van der Waals surface area contributed by atoms with Gasteiger partial charge in [0.2, 0.25) is 8.00 Å². The van der Waals surface area contributed by atoms with Gasteiger partial charge in [0.1, 0.15) is 5.29 Å². The van der Waals surface area contributed by atoms with E-state index in [1.165, 1.54) is 0 Å². The summed E-state index contributed by atoms with van der Waals surface area (Å²) in [6.45, 7) is 0.939. The van der Waals surface area contributed by atoms with Crippen molar-refractivity contribution in [2.45, 2.75) is 18.4 Å². The van der Waals surface area contributed by atoms with Crippen molar-refractivity contribution in [3.8, 4) is 0 Å². The van der Waals surface area contributed by atoms with Gasteiger partial charge in [0.15, 0.2) is 0 Å². The van der Waals surface area contributed by atoms with Crippen LogP contribution in [0.5, 0.6) is 0 Å². The third-order valence-corrected chi connectivity index (χ3v) is 6.31. The molecule has 9 nitrogen and oxygen atoms in total. The smallest absolute Gasteiger partial charge is 0.369 e. The van der Waals surface area contributed by atoms with Gasteiger partial charge in [-0.3, -0.25) is 9.13 Å². The summed E-state index contributed by atoms with van der Waals surface area (Å²) >= 11 is 0. The molecule has 12 heteroatoms. The molecule has 0 aromatic rings. The predicted octanol–water partition coefficient (Wildman–Crippen LogP) is -1.77. The Labute approximate surface area is 91.3 Å². The third kappa shape index (κ3) is 3.42. The summed E-state index contributed by atoms with van der Waals surface area (Å²) in [5.74, 6) is 0. The lowest BCUT2D eigenvalue weighted by molar-refractivity contribution is -0.167. The van der Waals surface area contributed by atoms with Crippen molar-refractivity contribution in [3.05, 3.63) is 0 Å². The summed E-state index contributed by atoms with van der Waals surface area (Å²) in [4.78, 5) is 53.8. The number of aliphatic hydroxyl groups is 1. The summed E-state index contributed by atoms with van der Waals surface area (Å²) in [5, 5.41) is 5.11. The summed E-state index contributed by atoms with van der Waals surface area (Å²) in [6, 6.07) is 0. The minimum atomic E-state index is -5.57. The molecule has 0 amide bonds. The molecule has 0 aliphatic rings. The normalized spacial score (nSPS) is 16.0. The molecule has 0 spiro atoms. The van der Waals surface area contributed by atoms with Gasteiger partial charge in [-0.15, -0.1) is 0 Å². The van der Waals surface area contributed by atoms with Crippen LogP contribution in [0.1, 0.15) is 13.3 Å². The zero-order valence-corrected chi connectivity index (χ0v) is 10.6. The first-order valence-electron chi connectivity index (χ1n) is 3.65. The van der Waals surface area contributed by atoms with E-state index in [4.69, 9.17) is 24.5 Å². The Hall–Kier alpha value is 0.350. The standard InChI is InChI=1S/C4H11O9P3/c1-3(14(6)7)2-4(5,15(8,9)10)16(11,12)13/h5H,2H2,1H3,(H,6,7)(H2,8,9,10)(H2,11,12,13). The van der Waals surface area contributed by atoms with Crippen LogP contribution in [0, 0.1) is 0 Å². The minimum absolute atomic E-state index is 0.538. The molecule has 96 valence electrons. The van der Waals surface area contributed by atoms with Crippen LogP contribution >= 0.6 is 23.2 Å². The Balaban J connectivity index is 5.58. The van der Waals surface area contributed by atoms with E-state index in [1.807, 2.05) is 0 Å². The van der Waals surface area contributed by atoms with Crippen LogP contribution in [0.4, 0.5) is 0 Å². The molecule has 0 radical (unpaired) electrons. The van der Waals surface area contributed by atoms with Crippen LogP contribution in [0.25, 0.3) is 0 Å². The highest BCUT2D eigenvalue weighted by molar-refractivity contribution is 7.72. The van der Waals surface area contributed by atoms with Crippen molar-refractivity contribution in [1.29, 1.82) is 0 Å². The van der Waals surface area contributed by atoms with Gasteiger partial charge >= 0.3 is 15.2 Å². The summed E-state index contributed by atoms with van der Waals surface area (Å²) in [6.07, 6.45) is -1.27. The van der Waals surface area contributed by atoms with Gasteiger partial charge in [0, 0.05) is 0 Å². The fourth-order valence-corrected chi connectivity index (χ4v) is 3.64. The van der Waals surface area contributed by atoms with E-state index in [2.05, 4.69) is 0 Å². The lowest BCUT2D eigenvalue weighted by Crippen LogP contribution is -2.31. The number of hydrogen-bond acceptors (Lipinski definition) is 5. The van der Waals surface area contributed by atoms with Crippen LogP contribution < -0.4 is 4.89 Å². The first-order valence-corrected chi connectivity index (χ1v) is 8.09. The molecule has 0 aromatic carbocycles. The van der Waals surface area contributed by atoms with E-state index in [0.717, 1.165) is 6.92 Å². The largest absolute Gasteiger partial charge is 0.603 e. The highest BCUT2D eigenvalue weighted by atomic mass is 31.2. The van der Waals surface area contributed by atoms with Crippen molar-refractivity contribution in [2.24, 2.45) is 0 Å². The predicted molar refractivity (Wildman–Crippen MR) is 53.5 cm³/mol. The fourth-order valence-electron chi connectivity index (χ4n) is 0.787. The van der Waals surface area contributed by atoms with Crippen LogP contribution in [-0.2, 0) is 9.13 Å². The van der Waals surface area contributed by atoms with Gasteiger partial charge in [-0.2, -0.15) is 4.89 Å². The first-order chi connectivity index (χ1) is 6.83. The van der Waals surface area contributed by atoms with E-state index in [1.54, 1.807) is 0 Å². The second-order valence-corrected chi connectivity index (χ2v) is 8.37. The molecule has 6 N–H and O–H groups in total. The lowest BCUT2D eigenvalue weighted by atomic mass is 10.3. The van der Waals surface area contributed by atoms with Crippen molar-refractivity contribution < 1.29 is 43.6 Å². The zero-order valence-electron chi connectivity index (χ0n) is 7.96. The first kappa shape index (κ1) is 16.4. The summed E-state index contributed by atoms with van der Waals surface area (Å²) < 4.78 is 21.6. The topological polar surface area (TPSA) is 179 Å². The molecule has 0 saturated heterocycles. The minimum Gasteiger partial charge on any atom is -0.603 e. The average Bonchev–Trinajstić information content (AvgIpc) is 1.99. The molecule has 16 heavy (non-hydrogen) atoms. The number of rotatable bonds is 4. The molecular formula is C4H11O9P3. The Morgan fingerprint density at radius 3 is 1.75 bits per heavy atom. The van der Waals surface area contributed by atoms with Crippen molar-refractivity contribution in [1.82, 2.24) is 0 Å². The van der Waals surface area contributed by atoms with E-state index in [0.29, 0.717) is 0 Å². The van der Waals surface area contributed by atoms with Gasteiger partial charge in [-0.1, -0.05) is 0 Å². The maximum atomic E-state index is 10.8. The second kappa shape index (κ2) is 4.92. The Bertz CT molecular complexity index is 362. The monoisotopic (exact) mass is 296 g/mol. The van der Waals surface area contributed by atoms with Crippen LogP contribution in [0.15, 0.2) is 0 Å². The SMILES string of the molecule is C/C(CC(O)(P(=O)(O)O)P(=O)(O)O)=[P+](/[O-])O. The van der Waals surface area contributed by atoms with Gasteiger partial charge in [0.05, 0.1) is 6.42 Å². The average molecular weight is 296 g/mol. The quantitative estimate of drug-likeness (QED) is 0.327. The highest BCUT2D eigenvalue weighted by Gasteiger charge is 2.60. The van der Waals surface area contributed by atoms with E-state index >= 15 is 0 Å². The molecule has 0 aliphatic carbocycles. The third-order valence-electron chi connectivity index (χ3n) is 1.75. The van der Waals surface area contributed by atoms with E-state index < -0.39 is 40.0 Å². The molecular weight excluding hydrogens is 285 g/mol. The maximum absolute atomic E-state index is 10.8. The van der Waals surface area contributed by atoms with Gasteiger partial charge < -0.3 is 29.6 Å². The van der Waals surface area contributed by atoms with E-state index in [9.17, 15) is 19.1 Å². The Morgan fingerprint density at radius 2 is 1.56 bits per heavy atom. The molecule has 0 fully saturated rings. The molecule has 1 atom stereocenters. The molecule has 0 saturated carbocycles. The highest BCUT2D eigenvalue weighted by Crippen LogP contribution is 2.69. The van der Waals surface area contributed by atoms with Gasteiger partial charge in [-0.25, -0.2) is 0 Å². The Kier molecular flexibility index (Phi) is 5.03. The molecule has 1 unspecified atom stereocenters. The van der Waals surface area contributed by atoms with Crippen molar-refractivity contribution >= 4 is 28.5 Å². The molecule has 0 aromatic heterocycles. The fraction of sp³-hybridized carbons (Fsp3) is 0.750. The lowest BCUT2D eigenvalue weighted by Gasteiger charge is -2.28. The molecule has 0 rings (SSSR count).